The van der Waals surface area contributed by atoms with Crippen molar-refractivity contribution in [1.29, 1.82) is 0 Å². The first-order valence-corrected chi connectivity index (χ1v) is 9.26. The van der Waals surface area contributed by atoms with Gasteiger partial charge in [0.25, 0.3) is 0 Å². The first kappa shape index (κ1) is 19.3. The van der Waals surface area contributed by atoms with Crippen LogP contribution < -0.4 is 9.64 Å². The number of hydrogen-bond acceptors (Lipinski definition) is 6. The molecule has 0 aromatic heterocycles. The van der Waals surface area contributed by atoms with E-state index in [9.17, 15) is 9.59 Å². The van der Waals surface area contributed by atoms with Gasteiger partial charge in [-0.05, 0) is 30.4 Å². The average Bonchev–Trinajstić information content (AvgIpc) is 3.11. The number of hydrogen-bond donors (Lipinski definition) is 0. The van der Waals surface area contributed by atoms with Crippen LogP contribution in [-0.4, -0.2) is 26.2 Å². The third-order valence-electron chi connectivity index (χ3n) is 4.75. The fourth-order valence-electron chi connectivity index (χ4n) is 3.27. The summed E-state index contributed by atoms with van der Waals surface area (Å²) in [5, 5.41) is 0. The van der Waals surface area contributed by atoms with Crippen LogP contribution in [0, 0.1) is 0 Å². The Kier molecular flexibility index (Phi) is 5.22. The van der Waals surface area contributed by atoms with Gasteiger partial charge in [0.2, 0.25) is 0 Å². The SMILES string of the molecule is COC(=O)C1=C(C(=O)OC)N(c2ccc3c(c2)Oc2ccccc2C=C3)C=CC=C1. The number of benzene rings is 2. The molecule has 2 aliphatic heterocycles. The quantitative estimate of drug-likeness (QED) is 0.604. The fraction of sp³-hybridized carbons (Fsp3) is 0.0833. The topological polar surface area (TPSA) is 65.1 Å². The number of carbonyl (C=O) groups excluding carboxylic acids is 2. The summed E-state index contributed by atoms with van der Waals surface area (Å²) in [4.78, 5) is 26.5. The Labute approximate surface area is 174 Å². The summed E-state index contributed by atoms with van der Waals surface area (Å²) in [6.07, 6.45) is 10.6. The van der Waals surface area contributed by atoms with Crippen LogP contribution in [0.15, 0.2) is 78.2 Å². The van der Waals surface area contributed by atoms with E-state index in [1.54, 1.807) is 23.3 Å². The zero-order chi connectivity index (χ0) is 21.1. The number of nitrogens with zero attached hydrogens (tertiary/aromatic N) is 1. The van der Waals surface area contributed by atoms with Gasteiger partial charge in [-0.15, -0.1) is 0 Å². The largest absolute Gasteiger partial charge is 0.465 e. The van der Waals surface area contributed by atoms with Gasteiger partial charge in [0.05, 0.1) is 19.8 Å². The highest BCUT2D eigenvalue weighted by atomic mass is 16.5. The first-order valence-electron chi connectivity index (χ1n) is 9.26. The molecule has 0 spiro atoms. The van der Waals surface area contributed by atoms with Crippen LogP contribution >= 0.6 is 0 Å². The van der Waals surface area contributed by atoms with Crippen LogP contribution in [0.1, 0.15) is 11.1 Å². The minimum Gasteiger partial charge on any atom is -0.465 e. The molecule has 0 amide bonds. The number of anilines is 1. The van der Waals surface area contributed by atoms with E-state index in [2.05, 4.69) is 0 Å². The molecule has 30 heavy (non-hydrogen) atoms. The molecule has 0 aliphatic carbocycles. The Bertz CT molecular complexity index is 1140. The number of ether oxygens (including phenoxy) is 3. The van der Waals surface area contributed by atoms with E-state index in [0.29, 0.717) is 11.4 Å². The molecule has 0 N–H and O–H groups in total. The molecule has 0 radical (unpaired) electrons. The number of rotatable bonds is 3. The van der Waals surface area contributed by atoms with Crippen LogP contribution in [0.3, 0.4) is 0 Å². The first-order chi connectivity index (χ1) is 14.6. The summed E-state index contributed by atoms with van der Waals surface area (Å²) in [5.74, 6) is 0.0655. The van der Waals surface area contributed by atoms with Gasteiger partial charge in [0.15, 0.2) is 0 Å². The molecular formula is C24H19NO5. The number of methoxy groups -OCH3 is 2. The van der Waals surface area contributed by atoms with Crippen LogP contribution in [0.4, 0.5) is 5.69 Å². The van der Waals surface area contributed by atoms with Crippen molar-refractivity contribution in [2.45, 2.75) is 0 Å². The predicted octanol–water partition coefficient (Wildman–Crippen LogP) is 4.45. The van der Waals surface area contributed by atoms with Crippen molar-refractivity contribution in [2.24, 2.45) is 0 Å². The molecule has 0 fully saturated rings. The van der Waals surface area contributed by atoms with Gasteiger partial charge < -0.3 is 19.1 Å². The zero-order valence-electron chi connectivity index (χ0n) is 16.5. The van der Waals surface area contributed by atoms with Gasteiger partial charge in [-0.25, -0.2) is 9.59 Å². The lowest BCUT2D eigenvalue weighted by molar-refractivity contribution is -0.139. The molecule has 150 valence electrons. The Morgan fingerprint density at radius 2 is 1.57 bits per heavy atom. The number of esters is 2. The molecule has 6 nitrogen and oxygen atoms in total. The number of carbonyl (C=O) groups is 2. The maximum absolute atomic E-state index is 12.6. The lowest BCUT2D eigenvalue weighted by Gasteiger charge is -2.24. The summed E-state index contributed by atoms with van der Waals surface area (Å²) in [6.45, 7) is 0. The highest BCUT2D eigenvalue weighted by Crippen LogP contribution is 2.37. The molecule has 2 heterocycles. The van der Waals surface area contributed by atoms with E-state index < -0.39 is 11.9 Å². The Morgan fingerprint density at radius 1 is 0.833 bits per heavy atom. The van der Waals surface area contributed by atoms with Crippen molar-refractivity contribution in [3.63, 3.8) is 0 Å². The van der Waals surface area contributed by atoms with Crippen LogP contribution in [0.25, 0.3) is 12.2 Å². The average molecular weight is 401 g/mol. The summed E-state index contributed by atoms with van der Waals surface area (Å²) < 4.78 is 15.9. The van der Waals surface area contributed by atoms with Gasteiger partial charge in [0, 0.05) is 29.1 Å². The molecule has 6 heteroatoms. The van der Waals surface area contributed by atoms with Crippen LogP contribution in [0.2, 0.25) is 0 Å². The van der Waals surface area contributed by atoms with Gasteiger partial charge >= 0.3 is 11.9 Å². The van der Waals surface area contributed by atoms with Gasteiger partial charge in [-0.1, -0.05) is 36.4 Å². The summed E-state index contributed by atoms with van der Waals surface area (Å²) >= 11 is 0. The van der Waals surface area contributed by atoms with Gasteiger partial charge in [0.1, 0.15) is 17.2 Å². The van der Waals surface area contributed by atoms with Crippen molar-refractivity contribution >= 4 is 29.8 Å². The van der Waals surface area contributed by atoms with Crippen LogP contribution in [0.5, 0.6) is 11.5 Å². The lowest BCUT2D eigenvalue weighted by atomic mass is 10.1. The molecule has 0 saturated carbocycles. The minimum atomic E-state index is -0.660. The van der Waals surface area contributed by atoms with Crippen molar-refractivity contribution in [1.82, 2.24) is 0 Å². The highest BCUT2D eigenvalue weighted by Gasteiger charge is 2.28. The maximum atomic E-state index is 12.6. The number of para-hydroxylation sites is 1. The van der Waals surface area contributed by atoms with E-state index in [1.165, 1.54) is 20.3 Å². The lowest BCUT2D eigenvalue weighted by Crippen LogP contribution is -2.27. The molecule has 0 atom stereocenters. The third kappa shape index (κ3) is 3.51. The molecule has 2 aliphatic rings. The molecule has 0 bridgehead atoms. The van der Waals surface area contributed by atoms with Crippen molar-refractivity contribution < 1.29 is 23.8 Å². The monoisotopic (exact) mass is 401 g/mol. The predicted molar refractivity (Wildman–Crippen MR) is 114 cm³/mol. The third-order valence-corrected chi connectivity index (χ3v) is 4.75. The molecule has 2 aromatic carbocycles. The number of fused-ring (bicyclic) bond motifs is 2. The smallest absolute Gasteiger partial charge is 0.355 e. The molecular weight excluding hydrogens is 382 g/mol. The highest BCUT2D eigenvalue weighted by molar-refractivity contribution is 6.05. The van der Waals surface area contributed by atoms with Gasteiger partial charge in [-0.2, -0.15) is 0 Å². The van der Waals surface area contributed by atoms with E-state index in [1.807, 2.05) is 54.6 Å². The molecule has 2 aromatic rings. The second kappa shape index (κ2) is 8.13. The minimum absolute atomic E-state index is 0.0545. The second-order valence-electron chi connectivity index (χ2n) is 6.51. The Balaban J connectivity index is 1.82. The Morgan fingerprint density at radius 3 is 2.33 bits per heavy atom. The maximum Gasteiger partial charge on any atom is 0.355 e. The summed E-state index contributed by atoms with van der Waals surface area (Å²) in [7, 11) is 2.53. The van der Waals surface area contributed by atoms with Gasteiger partial charge in [-0.3, -0.25) is 0 Å². The molecule has 0 unspecified atom stereocenters. The standard InChI is InChI=1S/C24H19NO5/c1-28-23(26)19-8-5-6-14-25(22(19)24(27)29-2)18-13-12-17-11-10-16-7-3-4-9-20(16)30-21(17)15-18/h3-15H,1-2H3. The van der Waals surface area contributed by atoms with E-state index >= 15 is 0 Å². The van der Waals surface area contributed by atoms with E-state index in [4.69, 9.17) is 14.2 Å². The second-order valence-corrected chi connectivity index (χ2v) is 6.51. The fourth-order valence-corrected chi connectivity index (χ4v) is 3.27. The zero-order valence-corrected chi connectivity index (χ0v) is 16.5. The Hall–Kier alpha value is -4.06. The van der Waals surface area contributed by atoms with Crippen molar-refractivity contribution in [2.75, 3.05) is 19.1 Å². The van der Waals surface area contributed by atoms with E-state index in [-0.39, 0.29) is 11.3 Å². The number of allylic oxidation sites excluding steroid dienone is 2. The van der Waals surface area contributed by atoms with Crippen molar-refractivity contribution in [3.8, 4) is 11.5 Å². The van der Waals surface area contributed by atoms with E-state index in [0.717, 1.165) is 16.9 Å². The van der Waals surface area contributed by atoms with Crippen LogP contribution in [-0.2, 0) is 19.1 Å². The van der Waals surface area contributed by atoms with Crippen molar-refractivity contribution in [3.05, 3.63) is 89.3 Å². The summed E-state index contributed by atoms with van der Waals surface area (Å²) in [6, 6.07) is 13.3. The normalized spacial score (nSPS) is 14.3. The molecule has 4 rings (SSSR count). The summed E-state index contributed by atoms with van der Waals surface area (Å²) in [5.41, 5.74) is 2.64. The molecule has 0 saturated heterocycles.